The molecule has 0 fully saturated rings. The molecule has 1 aromatic carbocycles. The number of phenolic OH excluding ortho intramolecular Hbond substituents is 1. The second-order valence-electron chi connectivity index (χ2n) is 4.30. The quantitative estimate of drug-likeness (QED) is 0.776. The zero-order valence-electron chi connectivity index (χ0n) is 9.49. The van der Waals surface area contributed by atoms with Gasteiger partial charge in [-0.3, -0.25) is 0 Å². The van der Waals surface area contributed by atoms with Crippen molar-refractivity contribution in [1.82, 2.24) is 0 Å². The molecular formula is C12H18O3. The molecule has 0 spiro atoms. The second kappa shape index (κ2) is 5.03. The summed E-state index contributed by atoms with van der Waals surface area (Å²) in [7, 11) is 0. The summed E-state index contributed by atoms with van der Waals surface area (Å²) >= 11 is 0. The maximum atomic E-state index is 9.05. The molecule has 1 aromatic rings. The second-order valence-corrected chi connectivity index (χ2v) is 4.30. The van der Waals surface area contributed by atoms with Gasteiger partial charge in [-0.05, 0) is 45.0 Å². The van der Waals surface area contributed by atoms with Gasteiger partial charge in [-0.1, -0.05) is 0 Å². The fraction of sp³-hybridized carbons (Fsp3) is 0.500. The minimum atomic E-state index is -0.127. The third kappa shape index (κ3) is 5.27. The van der Waals surface area contributed by atoms with Gasteiger partial charge in [0.1, 0.15) is 18.1 Å². The molecule has 84 valence electrons. The fourth-order valence-corrected chi connectivity index (χ4v) is 1.05. The van der Waals surface area contributed by atoms with Crippen LogP contribution in [0.5, 0.6) is 11.5 Å². The van der Waals surface area contributed by atoms with Crippen LogP contribution in [0.15, 0.2) is 24.3 Å². The van der Waals surface area contributed by atoms with Gasteiger partial charge in [0.05, 0.1) is 12.2 Å². The van der Waals surface area contributed by atoms with Gasteiger partial charge >= 0.3 is 0 Å². The predicted octanol–water partition coefficient (Wildman–Crippen LogP) is 2.59. The maximum absolute atomic E-state index is 9.05. The summed E-state index contributed by atoms with van der Waals surface area (Å²) in [5.74, 6) is 0.985. The SMILES string of the molecule is CC(C)(C)OCCOc1ccc(O)cc1. The molecule has 0 bridgehead atoms. The number of phenols is 1. The Morgan fingerprint density at radius 2 is 1.67 bits per heavy atom. The lowest BCUT2D eigenvalue weighted by atomic mass is 10.2. The first-order chi connectivity index (χ1) is 6.97. The Kier molecular flexibility index (Phi) is 3.97. The van der Waals surface area contributed by atoms with Gasteiger partial charge in [0.25, 0.3) is 0 Å². The molecule has 0 unspecified atom stereocenters. The summed E-state index contributed by atoms with van der Waals surface area (Å²) in [6, 6.07) is 6.65. The normalized spacial score (nSPS) is 11.4. The van der Waals surface area contributed by atoms with E-state index in [1.165, 1.54) is 0 Å². The summed E-state index contributed by atoms with van der Waals surface area (Å²) in [4.78, 5) is 0. The average molecular weight is 210 g/mol. The Balaban J connectivity index is 2.23. The van der Waals surface area contributed by atoms with Gasteiger partial charge < -0.3 is 14.6 Å². The zero-order chi connectivity index (χ0) is 11.3. The number of hydrogen-bond donors (Lipinski definition) is 1. The Morgan fingerprint density at radius 1 is 1.07 bits per heavy atom. The van der Waals surface area contributed by atoms with Gasteiger partial charge in [-0.25, -0.2) is 0 Å². The van der Waals surface area contributed by atoms with Crippen molar-refractivity contribution in [3.8, 4) is 11.5 Å². The monoisotopic (exact) mass is 210 g/mol. The zero-order valence-corrected chi connectivity index (χ0v) is 9.49. The van der Waals surface area contributed by atoms with E-state index in [4.69, 9.17) is 14.6 Å². The van der Waals surface area contributed by atoms with Crippen molar-refractivity contribution in [2.75, 3.05) is 13.2 Å². The molecule has 0 saturated heterocycles. The van der Waals surface area contributed by atoms with Crippen molar-refractivity contribution < 1.29 is 14.6 Å². The molecule has 0 atom stereocenters. The minimum Gasteiger partial charge on any atom is -0.508 e. The molecule has 0 aliphatic rings. The van der Waals surface area contributed by atoms with Gasteiger partial charge in [0, 0.05) is 0 Å². The summed E-state index contributed by atoms with van der Waals surface area (Å²) in [6.07, 6.45) is 0. The van der Waals surface area contributed by atoms with Crippen LogP contribution < -0.4 is 4.74 Å². The molecule has 0 amide bonds. The van der Waals surface area contributed by atoms with Gasteiger partial charge in [-0.15, -0.1) is 0 Å². The summed E-state index contributed by atoms with van der Waals surface area (Å²) < 4.78 is 10.9. The highest BCUT2D eigenvalue weighted by Gasteiger charge is 2.09. The van der Waals surface area contributed by atoms with E-state index in [-0.39, 0.29) is 11.4 Å². The first-order valence-corrected chi connectivity index (χ1v) is 5.03. The number of hydrogen-bond acceptors (Lipinski definition) is 3. The average Bonchev–Trinajstić information content (AvgIpc) is 2.14. The largest absolute Gasteiger partial charge is 0.508 e. The number of rotatable bonds is 4. The summed E-state index contributed by atoms with van der Waals surface area (Å²) in [5.41, 5.74) is -0.127. The molecule has 0 aliphatic carbocycles. The van der Waals surface area contributed by atoms with Crippen LogP contribution in [0.2, 0.25) is 0 Å². The lowest BCUT2D eigenvalue weighted by Crippen LogP contribution is -2.22. The van der Waals surface area contributed by atoms with Crippen molar-refractivity contribution in [2.45, 2.75) is 26.4 Å². The Hall–Kier alpha value is -1.22. The molecule has 15 heavy (non-hydrogen) atoms. The van der Waals surface area contributed by atoms with Crippen LogP contribution in [0, 0.1) is 0 Å². The van der Waals surface area contributed by atoms with Crippen molar-refractivity contribution in [3.63, 3.8) is 0 Å². The van der Waals surface area contributed by atoms with Crippen LogP contribution in [0.1, 0.15) is 20.8 Å². The summed E-state index contributed by atoms with van der Waals surface area (Å²) in [5, 5.41) is 9.05. The Bertz CT molecular complexity index is 285. The lowest BCUT2D eigenvalue weighted by Gasteiger charge is -2.19. The van der Waals surface area contributed by atoms with Crippen LogP contribution in [0.4, 0.5) is 0 Å². The molecule has 0 radical (unpaired) electrons. The molecular weight excluding hydrogens is 192 g/mol. The third-order valence-corrected chi connectivity index (χ3v) is 1.72. The van der Waals surface area contributed by atoms with Gasteiger partial charge in [0.2, 0.25) is 0 Å². The highest BCUT2D eigenvalue weighted by Crippen LogP contribution is 2.15. The van der Waals surface area contributed by atoms with E-state index < -0.39 is 0 Å². The van der Waals surface area contributed by atoms with Crippen molar-refractivity contribution >= 4 is 0 Å². The van der Waals surface area contributed by atoms with E-state index in [0.29, 0.717) is 13.2 Å². The maximum Gasteiger partial charge on any atom is 0.119 e. The van der Waals surface area contributed by atoms with Crippen LogP contribution in [0.3, 0.4) is 0 Å². The van der Waals surface area contributed by atoms with Gasteiger partial charge in [-0.2, -0.15) is 0 Å². The van der Waals surface area contributed by atoms with E-state index in [9.17, 15) is 0 Å². The molecule has 0 heterocycles. The van der Waals surface area contributed by atoms with E-state index in [2.05, 4.69) is 0 Å². The van der Waals surface area contributed by atoms with Crippen molar-refractivity contribution in [1.29, 1.82) is 0 Å². The molecule has 0 saturated carbocycles. The molecule has 1 N–H and O–H groups in total. The molecule has 0 aliphatic heterocycles. The molecule has 3 nitrogen and oxygen atoms in total. The van der Waals surface area contributed by atoms with E-state index in [1.807, 2.05) is 20.8 Å². The summed E-state index contributed by atoms with van der Waals surface area (Å²) in [6.45, 7) is 7.10. The van der Waals surface area contributed by atoms with Gasteiger partial charge in [0.15, 0.2) is 0 Å². The third-order valence-electron chi connectivity index (χ3n) is 1.72. The van der Waals surface area contributed by atoms with Crippen LogP contribution in [-0.4, -0.2) is 23.9 Å². The molecule has 1 rings (SSSR count). The molecule has 3 heteroatoms. The smallest absolute Gasteiger partial charge is 0.119 e. The predicted molar refractivity (Wildman–Crippen MR) is 59.3 cm³/mol. The van der Waals surface area contributed by atoms with E-state index in [1.54, 1.807) is 24.3 Å². The molecule has 0 aromatic heterocycles. The van der Waals surface area contributed by atoms with Crippen molar-refractivity contribution in [2.24, 2.45) is 0 Å². The number of aromatic hydroxyl groups is 1. The topological polar surface area (TPSA) is 38.7 Å². The Labute approximate surface area is 90.6 Å². The minimum absolute atomic E-state index is 0.127. The fourth-order valence-electron chi connectivity index (χ4n) is 1.05. The standard InChI is InChI=1S/C12H18O3/c1-12(2,3)15-9-8-14-11-6-4-10(13)5-7-11/h4-7,13H,8-9H2,1-3H3. The first-order valence-electron chi connectivity index (χ1n) is 5.03. The highest BCUT2D eigenvalue weighted by molar-refractivity contribution is 5.29. The lowest BCUT2D eigenvalue weighted by molar-refractivity contribution is -0.0163. The van der Waals surface area contributed by atoms with Crippen LogP contribution in [-0.2, 0) is 4.74 Å². The van der Waals surface area contributed by atoms with E-state index in [0.717, 1.165) is 5.75 Å². The highest BCUT2D eigenvalue weighted by atomic mass is 16.5. The number of benzene rings is 1. The van der Waals surface area contributed by atoms with Crippen LogP contribution >= 0.6 is 0 Å². The van der Waals surface area contributed by atoms with E-state index >= 15 is 0 Å². The number of ether oxygens (including phenoxy) is 2. The van der Waals surface area contributed by atoms with Crippen LogP contribution in [0.25, 0.3) is 0 Å². The van der Waals surface area contributed by atoms with Crippen molar-refractivity contribution in [3.05, 3.63) is 24.3 Å². The Morgan fingerprint density at radius 3 is 2.20 bits per heavy atom. The first kappa shape index (κ1) is 11.9.